The molecule has 0 saturated carbocycles. The van der Waals surface area contributed by atoms with Crippen molar-refractivity contribution in [1.82, 2.24) is 19.7 Å². The van der Waals surface area contributed by atoms with Crippen molar-refractivity contribution in [2.45, 2.75) is 24.9 Å². The number of hydrogen-bond acceptors (Lipinski definition) is 4. The number of para-hydroxylation sites is 2. The van der Waals surface area contributed by atoms with Gasteiger partial charge in [0.25, 0.3) is 0 Å². The third kappa shape index (κ3) is 2.63. The maximum absolute atomic E-state index is 6.19. The van der Waals surface area contributed by atoms with Gasteiger partial charge >= 0.3 is 0 Å². The van der Waals surface area contributed by atoms with E-state index in [9.17, 15) is 0 Å². The minimum absolute atomic E-state index is 0.553. The number of nitrogens with zero attached hydrogens (tertiary/aromatic N) is 3. The van der Waals surface area contributed by atoms with Crippen LogP contribution in [-0.4, -0.2) is 25.0 Å². The van der Waals surface area contributed by atoms with Crippen LogP contribution in [0.1, 0.15) is 19.5 Å². The highest BCUT2D eigenvalue weighted by Gasteiger charge is 2.19. The van der Waals surface area contributed by atoms with E-state index in [-0.39, 0.29) is 0 Å². The molecule has 6 heteroatoms. The van der Waals surface area contributed by atoms with E-state index in [2.05, 4.69) is 28.9 Å². The van der Waals surface area contributed by atoms with Crippen LogP contribution in [0.4, 0.5) is 5.82 Å². The number of anilines is 1. The molecule has 0 saturated heterocycles. The molecule has 0 amide bonds. The van der Waals surface area contributed by atoms with Gasteiger partial charge in [0, 0.05) is 12.8 Å². The van der Waals surface area contributed by atoms with Crippen LogP contribution in [0.2, 0.25) is 0 Å². The number of aromatic amines is 1. The number of hydrogen-bond donors (Lipinski definition) is 2. The van der Waals surface area contributed by atoms with Crippen molar-refractivity contribution < 1.29 is 0 Å². The summed E-state index contributed by atoms with van der Waals surface area (Å²) in [6, 6.07) is 7.98. The molecule has 0 aliphatic heterocycles. The summed E-state index contributed by atoms with van der Waals surface area (Å²) in [6.07, 6.45) is 0. The van der Waals surface area contributed by atoms with E-state index >= 15 is 0 Å². The number of imidazole rings is 1. The van der Waals surface area contributed by atoms with Gasteiger partial charge in [-0.1, -0.05) is 26.0 Å². The topological polar surface area (TPSA) is 72.5 Å². The fraction of sp³-hybridized carbons (Fsp3) is 0.333. The minimum Gasteiger partial charge on any atom is -0.383 e. The smallest absolute Gasteiger partial charge is 0.144 e. The summed E-state index contributed by atoms with van der Waals surface area (Å²) < 4.78 is 1.72. The summed E-state index contributed by atoms with van der Waals surface area (Å²) in [5, 5.41) is 5.09. The second-order valence-corrected chi connectivity index (χ2v) is 6.86. The maximum atomic E-state index is 6.19. The third-order valence-electron chi connectivity index (χ3n) is 3.34. The minimum atomic E-state index is 0.553. The summed E-state index contributed by atoms with van der Waals surface area (Å²) in [7, 11) is 1.87. The van der Waals surface area contributed by atoms with E-state index in [0.717, 1.165) is 33.9 Å². The molecule has 3 N–H and O–H groups in total. The Balaban J connectivity index is 2.07. The normalized spacial score (nSPS) is 11.6. The van der Waals surface area contributed by atoms with E-state index in [1.807, 2.05) is 43.1 Å². The van der Waals surface area contributed by atoms with Gasteiger partial charge < -0.3 is 10.7 Å². The SMILES string of the molecule is CC(C)SCc1nn(C)c(N)c1-c1nc2ccccc2[nH]1. The largest absolute Gasteiger partial charge is 0.383 e. The fourth-order valence-corrected chi connectivity index (χ4v) is 2.96. The number of nitrogen functional groups attached to an aromatic ring is 1. The molecule has 0 spiro atoms. The molecule has 5 nitrogen and oxygen atoms in total. The first-order valence-corrected chi connectivity index (χ1v) is 7.99. The number of aromatic nitrogens is 4. The van der Waals surface area contributed by atoms with Gasteiger partial charge in [0.15, 0.2) is 0 Å². The molecular weight excluding hydrogens is 282 g/mol. The van der Waals surface area contributed by atoms with Gasteiger partial charge in [0.2, 0.25) is 0 Å². The molecule has 0 fully saturated rings. The number of benzene rings is 1. The summed E-state index contributed by atoms with van der Waals surface area (Å²) in [5.41, 5.74) is 10.0. The highest BCUT2D eigenvalue weighted by Crippen LogP contribution is 2.31. The Morgan fingerprint density at radius 1 is 1.33 bits per heavy atom. The van der Waals surface area contributed by atoms with Crippen LogP contribution in [0.3, 0.4) is 0 Å². The van der Waals surface area contributed by atoms with Gasteiger partial charge in [-0.3, -0.25) is 4.68 Å². The average Bonchev–Trinajstić information content (AvgIpc) is 2.98. The average molecular weight is 301 g/mol. The molecular formula is C15H19N5S. The lowest BCUT2D eigenvalue weighted by Crippen LogP contribution is -1.98. The Morgan fingerprint density at radius 3 is 2.81 bits per heavy atom. The number of nitrogens with two attached hydrogens (primary N) is 1. The van der Waals surface area contributed by atoms with Gasteiger partial charge in [-0.25, -0.2) is 4.98 Å². The molecule has 110 valence electrons. The number of thioether (sulfide) groups is 1. The van der Waals surface area contributed by atoms with Crippen molar-refractivity contribution >= 4 is 28.6 Å². The molecule has 1 aromatic carbocycles. The van der Waals surface area contributed by atoms with E-state index in [1.165, 1.54) is 0 Å². The molecule has 0 aliphatic carbocycles. The van der Waals surface area contributed by atoms with Crippen LogP contribution in [0, 0.1) is 0 Å². The van der Waals surface area contributed by atoms with Crippen molar-refractivity contribution in [3.63, 3.8) is 0 Å². The molecule has 0 atom stereocenters. The lowest BCUT2D eigenvalue weighted by molar-refractivity contribution is 0.765. The highest BCUT2D eigenvalue weighted by molar-refractivity contribution is 7.99. The Bertz CT molecular complexity index is 739. The van der Waals surface area contributed by atoms with Gasteiger partial charge in [0.05, 0.1) is 22.3 Å². The number of rotatable bonds is 4. The first-order valence-electron chi connectivity index (χ1n) is 6.94. The second-order valence-electron chi connectivity index (χ2n) is 5.29. The molecule has 0 unspecified atom stereocenters. The van der Waals surface area contributed by atoms with E-state index in [4.69, 9.17) is 5.73 Å². The zero-order chi connectivity index (χ0) is 15.0. The first kappa shape index (κ1) is 14.0. The molecule has 0 bridgehead atoms. The summed E-state index contributed by atoms with van der Waals surface area (Å²) in [4.78, 5) is 7.99. The number of nitrogens with one attached hydrogen (secondary N) is 1. The summed E-state index contributed by atoms with van der Waals surface area (Å²) >= 11 is 1.85. The van der Waals surface area contributed by atoms with Gasteiger partial charge in [-0.05, 0) is 17.4 Å². The number of aryl methyl sites for hydroxylation is 1. The van der Waals surface area contributed by atoms with Crippen molar-refractivity contribution in [2.75, 3.05) is 5.73 Å². The molecule has 0 radical (unpaired) electrons. The first-order chi connectivity index (χ1) is 10.1. The number of H-pyrrole nitrogens is 1. The van der Waals surface area contributed by atoms with Crippen molar-refractivity contribution in [3.8, 4) is 11.4 Å². The van der Waals surface area contributed by atoms with Crippen molar-refractivity contribution in [3.05, 3.63) is 30.0 Å². The molecule has 2 aromatic heterocycles. The van der Waals surface area contributed by atoms with Crippen LogP contribution in [-0.2, 0) is 12.8 Å². The standard InChI is InChI=1S/C15H19N5S/c1-9(2)21-8-12-13(14(16)20(3)19-12)15-17-10-6-4-5-7-11(10)18-15/h4-7,9H,8,16H2,1-3H3,(H,17,18). The zero-order valence-electron chi connectivity index (χ0n) is 12.4. The van der Waals surface area contributed by atoms with Crippen LogP contribution in [0.5, 0.6) is 0 Å². The second kappa shape index (κ2) is 5.44. The van der Waals surface area contributed by atoms with Crippen LogP contribution in [0.25, 0.3) is 22.4 Å². The molecule has 2 heterocycles. The van der Waals surface area contributed by atoms with Crippen molar-refractivity contribution in [2.24, 2.45) is 7.05 Å². The summed E-state index contributed by atoms with van der Waals surface area (Å²) in [6.45, 7) is 4.36. The fourth-order valence-electron chi connectivity index (χ4n) is 2.27. The van der Waals surface area contributed by atoms with Gasteiger partial charge in [0.1, 0.15) is 11.6 Å². The summed E-state index contributed by atoms with van der Waals surface area (Å²) in [5.74, 6) is 2.27. The van der Waals surface area contributed by atoms with Crippen LogP contribution < -0.4 is 5.73 Å². The van der Waals surface area contributed by atoms with E-state index < -0.39 is 0 Å². The Kier molecular flexibility index (Phi) is 3.63. The Labute approximate surface area is 127 Å². The number of fused-ring (bicyclic) bond motifs is 1. The van der Waals surface area contributed by atoms with E-state index in [0.29, 0.717) is 11.1 Å². The zero-order valence-corrected chi connectivity index (χ0v) is 13.2. The van der Waals surface area contributed by atoms with Crippen LogP contribution in [0.15, 0.2) is 24.3 Å². The highest BCUT2D eigenvalue weighted by atomic mass is 32.2. The maximum Gasteiger partial charge on any atom is 0.144 e. The van der Waals surface area contributed by atoms with Crippen molar-refractivity contribution in [1.29, 1.82) is 0 Å². The lowest BCUT2D eigenvalue weighted by atomic mass is 10.2. The molecule has 0 aliphatic rings. The molecule has 3 rings (SSSR count). The lowest BCUT2D eigenvalue weighted by Gasteiger charge is -2.03. The predicted octanol–water partition coefficient (Wildman–Crippen LogP) is 3.19. The van der Waals surface area contributed by atoms with Gasteiger partial charge in [-0.15, -0.1) is 0 Å². The van der Waals surface area contributed by atoms with Crippen LogP contribution >= 0.6 is 11.8 Å². The van der Waals surface area contributed by atoms with Gasteiger partial charge in [-0.2, -0.15) is 16.9 Å². The predicted molar refractivity (Wildman–Crippen MR) is 89.1 cm³/mol. The molecule has 3 aromatic rings. The Morgan fingerprint density at radius 2 is 2.10 bits per heavy atom. The monoisotopic (exact) mass is 301 g/mol. The quantitative estimate of drug-likeness (QED) is 0.776. The molecule has 21 heavy (non-hydrogen) atoms. The third-order valence-corrected chi connectivity index (χ3v) is 4.45. The van der Waals surface area contributed by atoms with E-state index in [1.54, 1.807) is 4.68 Å². The Hall–Kier alpha value is -1.95.